The van der Waals surface area contributed by atoms with Gasteiger partial charge in [0.1, 0.15) is 12.0 Å². The molecule has 3 aliphatic carbocycles. The quantitative estimate of drug-likeness (QED) is 0.350. The van der Waals surface area contributed by atoms with Crippen LogP contribution in [0.25, 0.3) is 0 Å². The second-order valence-electron chi connectivity index (χ2n) is 10.6. The van der Waals surface area contributed by atoms with Gasteiger partial charge >= 0.3 is 6.61 Å². The highest BCUT2D eigenvalue weighted by molar-refractivity contribution is 7.89. The predicted molar refractivity (Wildman–Crippen MR) is 140 cm³/mol. The standard InChI is InChI=1S/C25H30F3N3O4S3/c1-31-15(9-23(30-31)35-25(27)28)8-16(36)6-14-4-5-21-18(7-14)24(38(33,34)29-12-13-2-3-13)22(37-21)11-20(32)17-10-19(17)26/h9,13-14,17,19,25,29H,2-8,10-12H2,1H3/t14-,17+,19+/m1/s1. The number of aryl methyl sites for hydroxylation is 2. The summed E-state index contributed by atoms with van der Waals surface area (Å²) < 4.78 is 74.0. The molecule has 1 N–H and O–H groups in total. The zero-order valence-electron chi connectivity index (χ0n) is 20.9. The number of nitrogens with one attached hydrogen (secondary N) is 1. The Morgan fingerprint density at radius 3 is 2.68 bits per heavy atom. The number of sulfonamides is 1. The largest absolute Gasteiger partial charge is 0.415 e. The monoisotopic (exact) mass is 589 g/mol. The number of nitrogens with zero attached hydrogens (tertiary/aromatic N) is 2. The van der Waals surface area contributed by atoms with Crippen molar-refractivity contribution >= 4 is 44.2 Å². The Morgan fingerprint density at radius 1 is 1.29 bits per heavy atom. The van der Waals surface area contributed by atoms with Gasteiger partial charge in [-0.3, -0.25) is 9.48 Å². The van der Waals surface area contributed by atoms with Crippen molar-refractivity contribution in [2.24, 2.45) is 24.8 Å². The van der Waals surface area contributed by atoms with Crippen molar-refractivity contribution in [1.29, 1.82) is 0 Å². The molecule has 0 radical (unpaired) electrons. The molecule has 0 aliphatic heterocycles. The van der Waals surface area contributed by atoms with E-state index in [1.807, 2.05) is 0 Å². The molecule has 2 heterocycles. The minimum Gasteiger partial charge on any atom is -0.415 e. The molecule has 0 spiro atoms. The van der Waals surface area contributed by atoms with Gasteiger partial charge in [0, 0.05) is 47.9 Å². The fourth-order valence-electron chi connectivity index (χ4n) is 5.08. The minimum atomic E-state index is -3.83. The van der Waals surface area contributed by atoms with Gasteiger partial charge in [-0.2, -0.15) is 8.78 Å². The van der Waals surface area contributed by atoms with E-state index in [1.165, 1.54) is 22.1 Å². The first-order chi connectivity index (χ1) is 18.0. The molecule has 38 heavy (non-hydrogen) atoms. The molecule has 13 heteroatoms. The molecule has 3 atom stereocenters. The number of halogens is 3. The molecule has 0 amide bonds. The molecule has 2 aromatic heterocycles. The number of carbonyl (C=O) groups is 1. The fourth-order valence-corrected chi connectivity index (χ4v) is 8.75. The summed E-state index contributed by atoms with van der Waals surface area (Å²) in [5.74, 6) is -0.561. The van der Waals surface area contributed by atoms with Crippen LogP contribution < -0.4 is 9.46 Å². The summed E-state index contributed by atoms with van der Waals surface area (Å²) in [6, 6.07) is 1.44. The number of ether oxygens (including phenoxy) is 1. The zero-order chi connectivity index (χ0) is 27.2. The number of fused-ring (bicyclic) bond motifs is 1. The first kappa shape index (κ1) is 27.7. The van der Waals surface area contributed by atoms with E-state index < -0.39 is 28.7 Å². The Labute approximate surface area is 229 Å². The number of hydrogen-bond acceptors (Lipinski definition) is 7. The van der Waals surface area contributed by atoms with Crippen LogP contribution in [0.1, 0.15) is 53.1 Å². The van der Waals surface area contributed by atoms with Crippen molar-refractivity contribution in [3.8, 4) is 5.88 Å². The SMILES string of the molecule is Cn1nc(OC(F)F)cc1CC(=S)C[C@H]1CCc2sc(CC(=O)[C@H]3C[C@@H]3F)c(S(=O)(=O)NCC3CC3)c2C1. The average Bonchev–Trinajstić information content (AvgIpc) is 3.73. The molecule has 0 unspecified atom stereocenters. The normalized spacial score (nSPS) is 22.9. The number of aromatic nitrogens is 2. The van der Waals surface area contributed by atoms with Crippen molar-refractivity contribution < 1.29 is 31.1 Å². The van der Waals surface area contributed by atoms with Gasteiger partial charge in [-0.25, -0.2) is 17.5 Å². The first-order valence-electron chi connectivity index (χ1n) is 12.8. The van der Waals surface area contributed by atoms with Gasteiger partial charge in [0.05, 0.1) is 10.8 Å². The summed E-state index contributed by atoms with van der Waals surface area (Å²) in [4.78, 5) is 15.0. The summed E-state index contributed by atoms with van der Waals surface area (Å²) in [6.07, 6.45) is 3.98. The van der Waals surface area contributed by atoms with E-state index >= 15 is 0 Å². The summed E-state index contributed by atoms with van der Waals surface area (Å²) in [6.45, 7) is -2.58. The smallest absolute Gasteiger partial charge is 0.388 e. The summed E-state index contributed by atoms with van der Waals surface area (Å²) in [7, 11) is -2.19. The van der Waals surface area contributed by atoms with E-state index in [-0.39, 0.29) is 35.3 Å². The van der Waals surface area contributed by atoms with Crippen molar-refractivity contribution in [2.45, 2.75) is 75.5 Å². The lowest BCUT2D eigenvalue weighted by Crippen LogP contribution is -2.28. The third-order valence-corrected chi connectivity index (χ3v) is 10.7. The number of rotatable bonds is 13. The Bertz CT molecular complexity index is 1340. The molecule has 2 saturated carbocycles. The number of alkyl halides is 3. The Hall–Kier alpha value is -1.83. The predicted octanol–water partition coefficient (Wildman–Crippen LogP) is 4.35. The maximum absolute atomic E-state index is 13.5. The molecule has 2 fully saturated rings. The molecule has 2 aromatic rings. The van der Waals surface area contributed by atoms with E-state index in [1.54, 1.807) is 7.05 Å². The highest BCUT2D eigenvalue weighted by Crippen LogP contribution is 2.42. The van der Waals surface area contributed by atoms with Crippen molar-refractivity contribution in [3.05, 3.63) is 27.1 Å². The average molecular weight is 590 g/mol. The maximum Gasteiger partial charge on any atom is 0.388 e. The topological polar surface area (TPSA) is 90.3 Å². The highest BCUT2D eigenvalue weighted by atomic mass is 32.2. The van der Waals surface area contributed by atoms with Crippen LogP contribution in [-0.2, 0) is 47.5 Å². The number of ketones is 1. The summed E-state index contributed by atoms with van der Waals surface area (Å²) in [5.41, 5.74) is 1.40. The lowest BCUT2D eigenvalue weighted by atomic mass is 9.84. The molecule has 5 rings (SSSR count). The first-order valence-corrected chi connectivity index (χ1v) is 15.5. The van der Waals surface area contributed by atoms with Gasteiger partial charge in [0.15, 0.2) is 0 Å². The van der Waals surface area contributed by atoms with Gasteiger partial charge < -0.3 is 4.74 Å². The van der Waals surface area contributed by atoms with Gasteiger partial charge in [-0.1, -0.05) is 12.2 Å². The van der Waals surface area contributed by atoms with Crippen LogP contribution in [0.15, 0.2) is 11.0 Å². The number of thiophene rings is 1. The molecule has 7 nitrogen and oxygen atoms in total. The minimum absolute atomic E-state index is 0.0605. The van der Waals surface area contributed by atoms with Crippen molar-refractivity contribution in [2.75, 3.05) is 6.54 Å². The van der Waals surface area contributed by atoms with Crippen LogP contribution in [0, 0.1) is 17.8 Å². The van der Waals surface area contributed by atoms with Crippen LogP contribution in [0.3, 0.4) is 0 Å². The Balaban J connectivity index is 1.31. The lowest BCUT2D eigenvalue weighted by molar-refractivity contribution is -0.119. The number of Topliss-reactive ketones (excluding diaryl/α,β-unsaturated/α-hetero) is 1. The van der Waals surface area contributed by atoms with Crippen LogP contribution in [0.2, 0.25) is 0 Å². The molecule has 208 valence electrons. The lowest BCUT2D eigenvalue weighted by Gasteiger charge is -2.23. The summed E-state index contributed by atoms with van der Waals surface area (Å²) in [5, 5.41) is 3.93. The molecule has 3 aliphatic rings. The fraction of sp³-hybridized carbons (Fsp3) is 0.640. The van der Waals surface area contributed by atoms with Gasteiger partial charge in [0.25, 0.3) is 0 Å². The third kappa shape index (κ3) is 6.48. The third-order valence-electron chi connectivity index (χ3n) is 7.43. The van der Waals surface area contributed by atoms with Crippen molar-refractivity contribution in [3.63, 3.8) is 0 Å². The Morgan fingerprint density at radius 2 is 2.03 bits per heavy atom. The van der Waals surface area contributed by atoms with Crippen LogP contribution >= 0.6 is 23.6 Å². The molecule has 0 saturated heterocycles. The van der Waals surface area contributed by atoms with E-state index in [0.717, 1.165) is 34.6 Å². The van der Waals surface area contributed by atoms with Crippen molar-refractivity contribution in [1.82, 2.24) is 14.5 Å². The second kappa shape index (κ2) is 11.0. The second-order valence-corrected chi connectivity index (χ2v) is 14.0. The maximum atomic E-state index is 13.5. The molecular weight excluding hydrogens is 559 g/mol. The van der Waals surface area contributed by atoms with Crippen LogP contribution in [-0.4, -0.2) is 48.2 Å². The Kier molecular flexibility index (Phi) is 8.01. The molecular formula is C25H30F3N3O4S3. The molecule has 0 aromatic carbocycles. The zero-order valence-corrected chi connectivity index (χ0v) is 23.4. The number of hydrogen-bond donors (Lipinski definition) is 1. The van der Waals surface area contributed by atoms with E-state index in [9.17, 15) is 26.4 Å². The van der Waals surface area contributed by atoms with Crippen LogP contribution in [0.5, 0.6) is 5.88 Å². The highest BCUT2D eigenvalue weighted by Gasteiger charge is 2.44. The van der Waals surface area contributed by atoms with Gasteiger partial charge in [-0.15, -0.1) is 16.4 Å². The van der Waals surface area contributed by atoms with E-state index in [2.05, 4.69) is 14.6 Å². The van der Waals surface area contributed by atoms with Gasteiger partial charge in [-0.05, 0) is 67.2 Å². The number of carbonyl (C=O) groups excluding carboxylic acids is 1. The van der Waals surface area contributed by atoms with Gasteiger partial charge in [0.2, 0.25) is 15.9 Å². The van der Waals surface area contributed by atoms with E-state index in [4.69, 9.17) is 12.2 Å². The molecule has 0 bridgehead atoms. The summed E-state index contributed by atoms with van der Waals surface area (Å²) >= 11 is 6.99. The van der Waals surface area contributed by atoms with E-state index in [0.29, 0.717) is 48.7 Å². The number of thiocarbonyl (C=S) groups is 1. The van der Waals surface area contributed by atoms with Crippen LogP contribution in [0.4, 0.5) is 13.2 Å².